The maximum atomic E-state index is 12.8. The molecule has 1 fully saturated rings. The van der Waals surface area contributed by atoms with Gasteiger partial charge in [0.15, 0.2) is 5.82 Å². The van der Waals surface area contributed by atoms with E-state index in [2.05, 4.69) is 20.7 Å². The van der Waals surface area contributed by atoms with Gasteiger partial charge in [-0.3, -0.25) is 4.79 Å². The lowest BCUT2D eigenvalue weighted by Crippen LogP contribution is -2.50. The number of carbonyl (C=O) groups excluding carboxylic acids is 2. The molecule has 0 bridgehead atoms. The second-order valence-corrected chi connectivity index (χ2v) is 9.75. The number of methoxy groups -OCH3 is 1. The van der Waals surface area contributed by atoms with Gasteiger partial charge < -0.3 is 30.1 Å². The summed E-state index contributed by atoms with van der Waals surface area (Å²) in [4.78, 5) is 42.7. The Balaban J connectivity index is 1.55. The van der Waals surface area contributed by atoms with Gasteiger partial charge in [-0.15, -0.1) is 0 Å². The predicted molar refractivity (Wildman–Crippen MR) is 134 cm³/mol. The van der Waals surface area contributed by atoms with Crippen molar-refractivity contribution in [2.45, 2.75) is 44.9 Å². The number of rotatable bonds is 7. The van der Waals surface area contributed by atoms with Gasteiger partial charge in [0.05, 0.1) is 25.7 Å². The molecule has 196 valence electrons. The monoisotopic (exact) mass is 510 g/mol. The van der Waals surface area contributed by atoms with Crippen LogP contribution in [0.4, 0.5) is 4.79 Å². The SMILES string of the molecule is COc1ccc2c(O[C@@H]3CC(C(=O)O)N(C(=O)CNC(=O)NC(C)(C)C)C3)cc(-n3cccn3)nc2c1. The lowest BCUT2D eigenvalue weighted by Gasteiger charge is -2.23. The standard InChI is InChI=1S/C25H30N6O6/c1-25(2,3)29-24(35)26-13-22(32)30-14-16(11-19(30)23(33)34)37-20-12-21(31-9-5-8-27-31)28-18-10-15(36-4)6-7-17(18)20/h5-10,12,16,19H,11,13-14H2,1-4H3,(H,33,34)(H2,26,29,35)/t16-,19?/m1/s1. The number of pyridine rings is 1. The van der Waals surface area contributed by atoms with Crippen molar-refractivity contribution in [3.05, 3.63) is 42.7 Å². The summed E-state index contributed by atoms with van der Waals surface area (Å²) in [6.07, 6.45) is 2.88. The van der Waals surface area contributed by atoms with Gasteiger partial charge in [0, 0.05) is 41.9 Å². The minimum absolute atomic E-state index is 0.0510. The Labute approximate surface area is 213 Å². The lowest BCUT2D eigenvalue weighted by atomic mass is 10.1. The topological polar surface area (TPSA) is 148 Å². The highest BCUT2D eigenvalue weighted by atomic mass is 16.5. The van der Waals surface area contributed by atoms with Crippen LogP contribution in [0.1, 0.15) is 27.2 Å². The molecule has 1 unspecified atom stereocenters. The summed E-state index contributed by atoms with van der Waals surface area (Å²) in [7, 11) is 1.56. The van der Waals surface area contributed by atoms with Crippen molar-refractivity contribution in [2.75, 3.05) is 20.2 Å². The van der Waals surface area contributed by atoms with Crippen LogP contribution in [-0.4, -0.2) is 80.6 Å². The van der Waals surface area contributed by atoms with Crippen LogP contribution in [0.15, 0.2) is 42.7 Å². The zero-order chi connectivity index (χ0) is 26.7. The molecule has 1 saturated heterocycles. The van der Waals surface area contributed by atoms with E-state index in [-0.39, 0.29) is 19.5 Å². The van der Waals surface area contributed by atoms with Gasteiger partial charge in [-0.1, -0.05) is 0 Å². The molecule has 12 nitrogen and oxygen atoms in total. The van der Waals surface area contributed by atoms with E-state index >= 15 is 0 Å². The van der Waals surface area contributed by atoms with E-state index in [4.69, 9.17) is 9.47 Å². The lowest BCUT2D eigenvalue weighted by molar-refractivity contribution is -0.147. The first-order chi connectivity index (χ1) is 17.5. The zero-order valence-corrected chi connectivity index (χ0v) is 21.1. The molecule has 2 aromatic heterocycles. The average Bonchev–Trinajstić information content (AvgIpc) is 3.51. The average molecular weight is 511 g/mol. The predicted octanol–water partition coefficient (Wildman–Crippen LogP) is 1.96. The molecular weight excluding hydrogens is 480 g/mol. The molecule has 0 spiro atoms. The van der Waals surface area contributed by atoms with Gasteiger partial charge in [0.1, 0.15) is 23.6 Å². The van der Waals surface area contributed by atoms with Crippen molar-refractivity contribution in [1.82, 2.24) is 30.3 Å². The maximum absolute atomic E-state index is 12.8. The third-order valence-corrected chi connectivity index (χ3v) is 5.76. The minimum atomic E-state index is -1.14. The molecule has 3 heterocycles. The molecule has 3 N–H and O–H groups in total. The fraction of sp³-hybridized carbons (Fsp3) is 0.400. The molecule has 1 aliphatic rings. The van der Waals surface area contributed by atoms with Gasteiger partial charge in [0.25, 0.3) is 0 Å². The van der Waals surface area contributed by atoms with Crippen LogP contribution < -0.4 is 20.1 Å². The first-order valence-electron chi connectivity index (χ1n) is 11.8. The second-order valence-electron chi connectivity index (χ2n) is 9.75. The van der Waals surface area contributed by atoms with Gasteiger partial charge in [0.2, 0.25) is 5.91 Å². The van der Waals surface area contributed by atoms with Crippen LogP contribution in [0.5, 0.6) is 11.5 Å². The fourth-order valence-electron chi connectivity index (χ4n) is 4.12. The number of likely N-dealkylation sites (tertiary alicyclic amines) is 1. The van der Waals surface area contributed by atoms with Crippen LogP contribution in [-0.2, 0) is 9.59 Å². The summed E-state index contributed by atoms with van der Waals surface area (Å²) in [6.45, 7) is 5.16. The van der Waals surface area contributed by atoms with Crippen molar-refractivity contribution in [1.29, 1.82) is 0 Å². The number of urea groups is 1. The van der Waals surface area contributed by atoms with Crippen LogP contribution in [0.3, 0.4) is 0 Å². The first kappa shape index (κ1) is 25.7. The van der Waals surface area contributed by atoms with Crippen molar-refractivity contribution in [3.63, 3.8) is 0 Å². The van der Waals surface area contributed by atoms with E-state index in [0.717, 1.165) is 0 Å². The highest BCUT2D eigenvalue weighted by Crippen LogP contribution is 2.32. The Morgan fingerprint density at radius 2 is 2.00 bits per heavy atom. The fourth-order valence-corrected chi connectivity index (χ4v) is 4.12. The molecule has 0 saturated carbocycles. The molecule has 2 atom stereocenters. The van der Waals surface area contributed by atoms with Crippen molar-refractivity contribution < 1.29 is 29.0 Å². The Hall–Kier alpha value is -4.35. The Bertz CT molecular complexity index is 1300. The molecule has 3 aromatic rings. The third-order valence-electron chi connectivity index (χ3n) is 5.76. The van der Waals surface area contributed by atoms with Crippen LogP contribution >= 0.6 is 0 Å². The van der Waals surface area contributed by atoms with Crippen LogP contribution in [0, 0.1) is 0 Å². The first-order valence-corrected chi connectivity index (χ1v) is 11.8. The zero-order valence-electron chi connectivity index (χ0n) is 21.1. The van der Waals surface area contributed by atoms with E-state index < -0.39 is 35.6 Å². The van der Waals surface area contributed by atoms with E-state index in [1.54, 1.807) is 48.5 Å². The normalized spacial score (nSPS) is 17.5. The maximum Gasteiger partial charge on any atom is 0.326 e. The van der Waals surface area contributed by atoms with E-state index in [1.165, 1.54) is 4.90 Å². The molecule has 0 radical (unpaired) electrons. The second kappa shape index (κ2) is 10.3. The van der Waals surface area contributed by atoms with Gasteiger partial charge >= 0.3 is 12.0 Å². The van der Waals surface area contributed by atoms with E-state index in [0.29, 0.717) is 28.2 Å². The summed E-state index contributed by atoms with van der Waals surface area (Å²) in [5, 5.41) is 19.9. The molecule has 1 aromatic carbocycles. The van der Waals surface area contributed by atoms with E-state index in [9.17, 15) is 19.5 Å². The number of ether oxygens (including phenoxy) is 2. The number of aromatic nitrogens is 3. The highest BCUT2D eigenvalue weighted by molar-refractivity contribution is 5.89. The van der Waals surface area contributed by atoms with E-state index in [1.807, 2.05) is 26.8 Å². The van der Waals surface area contributed by atoms with Gasteiger partial charge in [-0.05, 0) is 39.0 Å². The van der Waals surface area contributed by atoms with Crippen molar-refractivity contribution in [3.8, 4) is 17.3 Å². The number of nitrogens with zero attached hydrogens (tertiary/aromatic N) is 4. The number of nitrogens with one attached hydrogen (secondary N) is 2. The molecule has 37 heavy (non-hydrogen) atoms. The number of hydrogen-bond acceptors (Lipinski definition) is 7. The van der Waals surface area contributed by atoms with Gasteiger partial charge in [-0.25, -0.2) is 19.3 Å². The number of carbonyl (C=O) groups is 3. The van der Waals surface area contributed by atoms with Crippen molar-refractivity contribution in [2.24, 2.45) is 0 Å². The number of benzene rings is 1. The molecule has 12 heteroatoms. The highest BCUT2D eigenvalue weighted by Gasteiger charge is 2.41. The number of aliphatic carboxylic acids is 1. The summed E-state index contributed by atoms with van der Waals surface area (Å²) in [5.74, 6) is -0.0424. The molecule has 3 amide bonds. The third kappa shape index (κ3) is 6.08. The molecule has 4 rings (SSSR count). The van der Waals surface area contributed by atoms with Crippen LogP contribution in [0.2, 0.25) is 0 Å². The number of amides is 3. The quantitative estimate of drug-likeness (QED) is 0.437. The summed E-state index contributed by atoms with van der Waals surface area (Å²) in [6, 6.07) is 7.27. The summed E-state index contributed by atoms with van der Waals surface area (Å²) in [5.41, 5.74) is 0.132. The Morgan fingerprint density at radius 3 is 2.65 bits per heavy atom. The number of hydrogen-bond donors (Lipinski definition) is 3. The number of carboxylic acid groups (broad SMARTS) is 1. The van der Waals surface area contributed by atoms with Crippen molar-refractivity contribution >= 4 is 28.8 Å². The molecular formula is C25H30N6O6. The van der Waals surface area contributed by atoms with Gasteiger partial charge in [-0.2, -0.15) is 5.10 Å². The largest absolute Gasteiger partial charge is 0.497 e. The number of carboxylic acids is 1. The number of fused-ring (bicyclic) bond motifs is 1. The Kier molecular flexibility index (Phi) is 7.18. The minimum Gasteiger partial charge on any atom is -0.497 e. The molecule has 0 aliphatic carbocycles. The Morgan fingerprint density at radius 1 is 1.22 bits per heavy atom. The smallest absolute Gasteiger partial charge is 0.326 e. The summed E-state index contributed by atoms with van der Waals surface area (Å²) < 4.78 is 13.2. The molecule has 1 aliphatic heterocycles. The summed E-state index contributed by atoms with van der Waals surface area (Å²) >= 11 is 0. The van der Waals surface area contributed by atoms with Crippen LogP contribution in [0.25, 0.3) is 16.7 Å².